The Hall–Kier alpha value is -4.19. The average molecular weight is 366 g/mol. The number of carbonyl (C=O) groups excluding carboxylic acids is 1. The van der Waals surface area contributed by atoms with Crippen molar-refractivity contribution in [2.75, 3.05) is 0 Å². The van der Waals surface area contributed by atoms with Crippen LogP contribution >= 0.6 is 0 Å². The van der Waals surface area contributed by atoms with E-state index in [-0.39, 0.29) is 17.0 Å². The number of nitro benzene ring substituents is 1. The van der Waals surface area contributed by atoms with Crippen molar-refractivity contribution < 1.29 is 19.9 Å². The molecular weight excluding hydrogens is 352 g/mol. The molecule has 27 heavy (non-hydrogen) atoms. The molecule has 0 radical (unpaired) electrons. The first-order valence-electron chi connectivity index (χ1n) is 7.54. The highest BCUT2D eigenvalue weighted by molar-refractivity contribution is 6.12. The third-order valence-electron chi connectivity index (χ3n) is 3.47. The molecule has 1 aromatic heterocycles. The lowest BCUT2D eigenvalue weighted by Gasteiger charge is -2.02. The van der Waals surface area contributed by atoms with Crippen molar-refractivity contribution in [1.29, 1.82) is 5.26 Å². The number of aromatic nitrogens is 2. The molecule has 0 fully saturated rings. The molecule has 0 saturated heterocycles. The first-order chi connectivity index (χ1) is 12.8. The van der Waals surface area contributed by atoms with Crippen LogP contribution in [0.1, 0.15) is 34.5 Å². The number of rotatable bonds is 6. The van der Waals surface area contributed by atoms with Crippen molar-refractivity contribution in [3.05, 3.63) is 63.3 Å². The number of phenols is 2. The van der Waals surface area contributed by atoms with Gasteiger partial charge in [-0.1, -0.05) is 12.7 Å². The number of nitrogens with one attached hydrogen (secondary N) is 1. The van der Waals surface area contributed by atoms with E-state index in [0.717, 1.165) is 18.2 Å². The van der Waals surface area contributed by atoms with Crippen LogP contribution in [0.15, 0.2) is 30.4 Å². The molecule has 1 heterocycles. The Kier molecular flexibility index (Phi) is 5.53. The molecule has 0 unspecified atom stereocenters. The van der Waals surface area contributed by atoms with Gasteiger partial charge in [-0.3, -0.25) is 14.9 Å². The zero-order valence-electron chi connectivity index (χ0n) is 14.1. The van der Waals surface area contributed by atoms with E-state index < -0.39 is 27.9 Å². The first kappa shape index (κ1) is 19.1. The molecule has 136 valence electrons. The molecule has 1 aromatic carbocycles. The summed E-state index contributed by atoms with van der Waals surface area (Å²) in [6, 6.07) is 3.63. The predicted molar refractivity (Wildman–Crippen MR) is 97.7 cm³/mol. The van der Waals surface area contributed by atoms with Crippen LogP contribution in [0.2, 0.25) is 0 Å². The second-order valence-corrected chi connectivity index (χ2v) is 5.25. The number of nitro groups is 1. The molecule has 9 nitrogen and oxygen atoms in total. The number of phenolic OH excluding ortho intramolecular Hbond substituents is 2. The van der Waals surface area contributed by atoms with E-state index in [1.54, 1.807) is 25.1 Å². The molecular formula is C18H14N4O5. The van der Waals surface area contributed by atoms with Gasteiger partial charge in [-0.15, -0.1) is 0 Å². The number of carbonyl (C=O) groups is 1. The largest absolute Gasteiger partial charge is 0.504 e. The van der Waals surface area contributed by atoms with Crippen LogP contribution in [0.25, 0.3) is 18.2 Å². The number of allylic oxidation sites excluding steroid dienone is 2. The minimum absolute atomic E-state index is 0.00826. The number of nitriles is 1. The Bertz CT molecular complexity index is 1040. The van der Waals surface area contributed by atoms with E-state index in [1.807, 2.05) is 0 Å². The van der Waals surface area contributed by atoms with Crippen LogP contribution in [-0.4, -0.2) is 30.9 Å². The Balaban J connectivity index is 2.51. The van der Waals surface area contributed by atoms with Crippen LogP contribution in [0.5, 0.6) is 11.5 Å². The molecule has 0 atom stereocenters. The number of H-pyrrole nitrogens is 1. The number of imidazole rings is 1. The summed E-state index contributed by atoms with van der Waals surface area (Å²) in [7, 11) is 0. The summed E-state index contributed by atoms with van der Waals surface area (Å²) in [5.74, 6) is -2.50. The van der Waals surface area contributed by atoms with Crippen LogP contribution in [-0.2, 0) is 0 Å². The minimum atomic E-state index is -0.903. The number of Topliss-reactive ketones (excluding diaryl/α,β-unsaturated/α-hetero) is 1. The molecule has 0 aliphatic rings. The number of aromatic amines is 1. The van der Waals surface area contributed by atoms with Crippen LogP contribution in [0.4, 0.5) is 5.69 Å². The van der Waals surface area contributed by atoms with Crippen LogP contribution in [0.3, 0.4) is 0 Å². The maximum Gasteiger partial charge on any atom is 0.315 e. The highest BCUT2D eigenvalue weighted by atomic mass is 16.6. The quantitative estimate of drug-likeness (QED) is 0.177. The predicted octanol–water partition coefficient (Wildman–Crippen LogP) is 3.20. The van der Waals surface area contributed by atoms with Gasteiger partial charge in [0.25, 0.3) is 0 Å². The van der Waals surface area contributed by atoms with Crippen molar-refractivity contribution in [3.63, 3.8) is 0 Å². The van der Waals surface area contributed by atoms with E-state index in [1.165, 1.54) is 6.08 Å². The monoisotopic (exact) mass is 366 g/mol. The Labute approximate surface area is 153 Å². The average Bonchev–Trinajstić information content (AvgIpc) is 3.04. The summed E-state index contributed by atoms with van der Waals surface area (Å²) in [6.45, 7) is 5.38. The second kappa shape index (κ2) is 7.79. The fourth-order valence-electron chi connectivity index (χ4n) is 2.25. The fourth-order valence-corrected chi connectivity index (χ4v) is 2.25. The van der Waals surface area contributed by atoms with Gasteiger partial charge in [0.1, 0.15) is 11.6 Å². The molecule has 3 N–H and O–H groups in total. The number of aromatic hydroxyl groups is 2. The lowest BCUT2D eigenvalue weighted by Crippen LogP contribution is -2.04. The van der Waals surface area contributed by atoms with Crippen LogP contribution < -0.4 is 0 Å². The lowest BCUT2D eigenvalue weighted by molar-refractivity contribution is -0.386. The van der Waals surface area contributed by atoms with Gasteiger partial charge < -0.3 is 15.2 Å². The minimum Gasteiger partial charge on any atom is -0.504 e. The summed E-state index contributed by atoms with van der Waals surface area (Å²) in [6.07, 6.45) is 5.91. The summed E-state index contributed by atoms with van der Waals surface area (Å²) >= 11 is 0. The summed E-state index contributed by atoms with van der Waals surface area (Å²) < 4.78 is 0. The summed E-state index contributed by atoms with van der Waals surface area (Å²) in [5.41, 5.74) is -0.178. The normalized spacial score (nSPS) is 11.3. The lowest BCUT2D eigenvalue weighted by atomic mass is 10.1. The van der Waals surface area contributed by atoms with E-state index in [9.17, 15) is 30.4 Å². The first-order valence-corrected chi connectivity index (χ1v) is 7.54. The molecule has 2 rings (SSSR count). The molecule has 9 heteroatoms. The van der Waals surface area contributed by atoms with Crippen molar-refractivity contribution >= 4 is 29.7 Å². The number of nitrogens with zero attached hydrogens (tertiary/aromatic N) is 3. The molecule has 0 aliphatic heterocycles. The third kappa shape index (κ3) is 3.91. The van der Waals surface area contributed by atoms with Gasteiger partial charge in [0.15, 0.2) is 11.6 Å². The van der Waals surface area contributed by atoms with E-state index in [0.29, 0.717) is 11.4 Å². The van der Waals surface area contributed by atoms with Gasteiger partial charge in [0.2, 0.25) is 11.5 Å². The summed E-state index contributed by atoms with van der Waals surface area (Å²) in [4.78, 5) is 29.4. The standard InChI is InChI=1S/C18H14N4O5/c1-3-5-13-12(4-2)20-18(21-13)16(24)11(9-19)6-10-7-14(22(26)27)17(25)15(23)8-10/h3-8,23,25H,2H2,1H3,(H,20,21)/b5-3-,11-6+. The van der Waals surface area contributed by atoms with Gasteiger partial charge in [0, 0.05) is 6.07 Å². The van der Waals surface area contributed by atoms with Gasteiger partial charge in [-0.05, 0) is 36.8 Å². The Morgan fingerprint density at radius 1 is 1.44 bits per heavy atom. The molecule has 2 aromatic rings. The Morgan fingerprint density at radius 2 is 2.15 bits per heavy atom. The van der Waals surface area contributed by atoms with Crippen molar-refractivity contribution in [2.24, 2.45) is 0 Å². The third-order valence-corrected chi connectivity index (χ3v) is 3.47. The maximum absolute atomic E-state index is 12.5. The topological polar surface area (TPSA) is 153 Å². The second-order valence-electron chi connectivity index (χ2n) is 5.25. The van der Waals surface area contributed by atoms with Crippen molar-refractivity contribution in [1.82, 2.24) is 9.97 Å². The van der Waals surface area contributed by atoms with E-state index >= 15 is 0 Å². The van der Waals surface area contributed by atoms with Crippen molar-refractivity contribution in [2.45, 2.75) is 6.92 Å². The SMILES string of the molecule is C=Cc1nc(C(=O)/C(C#N)=C/c2cc(O)c(O)c([N+](=O)[O-])c2)[nH]c1/C=C\C. The molecule has 0 saturated carbocycles. The molecule has 0 spiro atoms. The van der Waals surface area contributed by atoms with Crippen molar-refractivity contribution in [3.8, 4) is 17.6 Å². The smallest absolute Gasteiger partial charge is 0.315 e. The zero-order valence-corrected chi connectivity index (χ0v) is 14.1. The Morgan fingerprint density at radius 3 is 2.70 bits per heavy atom. The van der Waals surface area contributed by atoms with Gasteiger partial charge in [-0.25, -0.2) is 4.98 Å². The molecule has 0 bridgehead atoms. The van der Waals surface area contributed by atoms with E-state index in [4.69, 9.17) is 0 Å². The number of hydrogen-bond acceptors (Lipinski definition) is 7. The van der Waals surface area contributed by atoms with E-state index in [2.05, 4.69) is 16.5 Å². The summed E-state index contributed by atoms with van der Waals surface area (Å²) in [5, 5.41) is 39.3. The number of ketones is 1. The highest BCUT2D eigenvalue weighted by Gasteiger charge is 2.21. The van der Waals surface area contributed by atoms with Gasteiger partial charge >= 0.3 is 5.69 Å². The van der Waals surface area contributed by atoms with Gasteiger partial charge in [0.05, 0.1) is 16.3 Å². The van der Waals surface area contributed by atoms with Crippen LogP contribution in [0, 0.1) is 21.4 Å². The maximum atomic E-state index is 12.5. The molecule has 0 aliphatic carbocycles. The highest BCUT2D eigenvalue weighted by Crippen LogP contribution is 2.36. The zero-order chi connectivity index (χ0) is 20.1. The fraction of sp³-hybridized carbons (Fsp3) is 0.0556. The van der Waals surface area contributed by atoms with Gasteiger partial charge in [-0.2, -0.15) is 5.26 Å². The molecule has 0 amide bonds. The number of benzene rings is 1. The number of hydrogen-bond donors (Lipinski definition) is 3.